The van der Waals surface area contributed by atoms with Crippen LogP contribution < -0.4 is 10.6 Å². The Bertz CT molecular complexity index is 889. The van der Waals surface area contributed by atoms with Crippen molar-refractivity contribution < 1.29 is 19.8 Å². The summed E-state index contributed by atoms with van der Waals surface area (Å²) in [4.78, 5) is 23.1. The molecule has 2 aromatic rings. The van der Waals surface area contributed by atoms with Crippen molar-refractivity contribution in [3.05, 3.63) is 59.2 Å². The van der Waals surface area contributed by atoms with Crippen LogP contribution in [-0.4, -0.2) is 35.2 Å². The number of carboxylic acid groups (broad SMARTS) is 1. The van der Waals surface area contributed by atoms with Gasteiger partial charge < -0.3 is 20.8 Å². The third-order valence-electron chi connectivity index (χ3n) is 4.37. The topological polar surface area (TPSA) is 122 Å². The SMILES string of the molecule is CC(C(=O)O)c1cccc(CCNCCC(=O)Nc2cccc(C#N)c2O)c1. The highest BCUT2D eigenvalue weighted by molar-refractivity contribution is 5.92. The van der Waals surface area contributed by atoms with Gasteiger partial charge >= 0.3 is 5.97 Å². The van der Waals surface area contributed by atoms with Gasteiger partial charge in [-0.1, -0.05) is 30.3 Å². The number of nitriles is 1. The molecule has 0 bridgehead atoms. The van der Waals surface area contributed by atoms with Crippen LogP contribution in [0.1, 0.15) is 36.0 Å². The lowest BCUT2D eigenvalue weighted by Gasteiger charge is -2.10. The fourth-order valence-corrected chi connectivity index (χ4v) is 2.67. The Labute approximate surface area is 163 Å². The molecule has 2 aromatic carbocycles. The first-order valence-electron chi connectivity index (χ1n) is 8.96. The summed E-state index contributed by atoms with van der Waals surface area (Å²) < 4.78 is 0. The van der Waals surface area contributed by atoms with Gasteiger partial charge in [-0.25, -0.2) is 0 Å². The van der Waals surface area contributed by atoms with Crippen LogP contribution in [0.2, 0.25) is 0 Å². The van der Waals surface area contributed by atoms with Crippen LogP contribution in [0.3, 0.4) is 0 Å². The number of carbonyl (C=O) groups excluding carboxylic acids is 1. The van der Waals surface area contributed by atoms with Crippen LogP contribution in [-0.2, 0) is 16.0 Å². The maximum absolute atomic E-state index is 12.0. The number of hydrogen-bond acceptors (Lipinski definition) is 5. The second kappa shape index (κ2) is 10.1. The molecule has 0 fully saturated rings. The molecule has 28 heavy (non-hydrogen) atoms. The van der Waals surface area contributed by atoms with Crippen LogP contribution in [0.4, 0.5) is 5.69 Å². The summed E-state index contributed by atoms with van der Waals surface area (Å²) in [6, 6.07) is 13.9. The Kier molecular flexibility index (Phi) is 7.55. The molecule has 0 radical (unpaired) electrons. The zero-order valence-corrected chi connectivity index (χ0v) is 15.6. The molecule has 7 nitrogen and oxygen atoms in total. The number of phenolic OH excluding ortho intramolecular Hbond substituents is 1. The van der Waals surface area contributed by atoms with Crippen LogP contribution in [0.15, 0.2) is 42.5 Å². The second-order valence-electron chi connectivity index (χ2n) is 6.42. The first-order chi connectivity index (χ1) is 13.4. The normalized spacial score (nSPS) is 11.4. The van der Waals surface area contributed by atoms with E-state index in [1.807, 2.05) is 24.3 Å². The van der Waals surface area contributed by atoms with Gasteiger partial charge in [0, 0.05) is 13.0 Å². The van der Waals surface area contributed by atoms with Gasteiger partial charge in [0.05, 0.1) is 17.2 Å². The number of para-hydroxylation sites is 1. The number of amides is 1. The number of aromatic hydroxyl groups is 1. The molecule has 0 aliphatic rings. The number of carbonyl (C=O) groups is 2. The van der Waals surface area contributed by atoms with E-state index in [0.717, 1.165) is 11.1 Å². The van der Waals surface area contributed by atoms with Gasteiger partial charge in [0.25, 0.3) is 0 Å². The van der Waals surface area contributed by atoms with Crippen molar-refractivity contribution in [2.24, 2.45) is 0 Å². The van der Waals surface area contributed by atoms with Crippen molar-refractivity contribution in [2.45, 2.75) is 25.7 Å². The minimum absolute atomic E-state index is 0.107. The minimum Gasteiger partial charge on any atom is -0.504 e. The molecule has 1 unspecified atom stereocenters. The van der Waals surface area contributed by atoms with Crippen molar-refractivity contribution in [2.75, 3.05) is 18.4 Å². The Balaban J connectivity index is 1.75. The van der Waals surface area contributed by atoms with E-state index in [2.05, 4.69) is 10.6 Å². The number of benzene rings is 2. The average molecular weight is 381 g/mol. The fraction of sp³-hybridized carbons (Fsp3) is 0.286. The van der Waals surface area contributed by atoms with E-state index in [0.29, 0.717) is 19.5 Å². The van der Waals surface area contributed by atoms with Crippen LogP contribution in [0.5, 0.6) is 5.75 Å². The molecule has 0 saturated heterocycles. The molecule has 7 heteroatoms. The largest absolute Gasteiger partial charge is 0.504 e. The van der Waals surface area contributed by atoms with Gasteiger partial charge in [0.2, 0.25) is 5.91 Å². The molecule has 0 saturated carbocycles. The first-order valence-corrected chi connectivity index (χ1v) is 8.96. The van der Waals surface area contributed by atoms with Gasteiger partial charge in [-0.05, 0) is 43.1 Å². The number of nitrogens with zero attached hydrogens (tertiary/aromatic N) is 1. The summed E-state index contributed by atoms with van der Waals surface area (Å²) in [5, 5.41) is 33.6. The quantitative estimate of drug-likeness (QED) is 0.391. The highest BCUT2D eigenvalue weighted by Crippen LogP contribution is 2.26. The van der Waals surface area contributed by atoms with Crippen LogP contribution >= 0.6 is 0 Å². The fourth-order valence-electron chi connectivity index (χ4n) is 2.67. The summed E-state index contributed by atoms with van der Waals surface area (Å²) in [6.07, 6.45) is 0.930. The predicted octanol–water partition coefficient (Wildman–Crippen LogP) is 2.61. The second-order valence-corrected chi connectivity index (χ2v) is 6.42. The minimum atomic E-state index is -0.854. The van der Waals surface area contributed by atoms with Crippen molar-refractivity contribution in [1.82, 2.24) is 5.32 Å². The van der Waals surface area contributed by atoms with E-state index >= 15 is 0 Å². The number of hydrogen-bond donors (Lipinski definition) is 4. The number of carboxylic acids is 1. The monoisotopic (exact) mass is 381 g/mol. The van der Waals surface area contributed by atoms with E-state index < -0.39 is 11.9 Å². The number of anilines is 1. The molecular weight excluding hydrogens is 358 g/mol. The van der Waals surface area contributed by atoms with Crippen molar-refractivity contribution >= 4 is 17.6 Å². The molecule has 1 amide bonds. The number of phenols is 1. The van der Waals surface area contributed by atoms with E-state index in [1.165, 1.54) is 12.1 Å². The summed E-state index contributed by atoms with van der Waals surface area (Å²) >= 11 is 0. The van der Waals surface area contributed by atoms with Crippen molar-refractivity contribution in [3.8, 4) is 11.8 Å². The zero-order valence-electron chi connectivity index (χ0n) is 15.6. The molecular formula is C21H23N3O4. The maximum atomic E-state index is 12.0. The molecule has 0 aromatic heterocycles. The van der Waals surface area contributed by atoms with E-state index in [4.69, 9.17) is 10.4 Å². The molecule has 0 spiro atoms. The number of nitrogens with one attached hydrogen (secondary N) is 2. The van der Waals surface area contributed by atoms with Gasteiger partial charge in [-0.3, -0.25) is 9.59 Å². The number of rotatable bonds is 9. The van der Waals surface area contributed by atoms with Crippen LogP contribution in [0, 0.1) is 11.3 Å². The predicted molar refractivity (Wildman–Crippen MR) is 105 cm³/mol. The molecule has 0 aliphatic carbocycles. The van der Waals surface area contributed by atoms with Crippen LogP contribution in [0.25, 0.3) is 0 Å². The summed E-state index contributed by atoms with van der Waals surface area (Å²) in [5.74, 6) is -1.91. The summed E-state index contributed by atoms with van der Waals surface area (Å²) in [5.41, 5.74) is 2.12. The lowest BCUT2D eigenvalue weighted by atomic mass is 9.98. The molecule has 1 atom stereocenters. The highest BCUT2D eigenvalue weighted by atomic mass is 16.4. The molecule has 0 aliphatic heterocycles. The number of aliphatic carboxylic acids is 1. The van der Waals surface area contributed by atoms with Gasteiger partial charge in [0.1, 0.15) is 6.07 Å². The molecule has 4 N–H and O–H groups in total. The van der Waals surface area contributed by atoms with Crippen molar-refractivity contribution in [3.63, 3.8) is 0 Å². The third-order valence-corrected chi connectivity index (χ3v) is 4.37. The standard InChI is InChI=1S/C21H23N3O4/c1-14(21(27)28)16-5-2-4-15(12-16)8-10-23-11-9-19(25)24-18-7-3-6-17(13-22)20(18)26/h2-7,12,14,23,26H,8-11H2,1H3,(H,24,25)(H,27,28). The average Bonchev–Trinajstić information content (AvgIpc) is 2.69. The van der Waals surface area contributed by atoms with Gasteiger partial charge in [-0.2, -0.15) is 5.26 Å². The summed E-state index contributed by atoms with van der Waals surface area (Å²) in [7, 11) is 0. The molecule has 146 valence electrons. The molecule has 2 rings (SSSR count). The Morgan fingerprint density at radius 1 is 1.18 bits per heavy atom. The van der Waals surface area contributed by atoms with Gasteiger partial charge in [-0.15, -0.1) is 0 Å². The van der Waals surface area contributed by atoms with E-state index in [1.54, 1.807) is 19.1 Å². The summed E-state index contributed by atoms with van der Waals surface area (Å²) in [6.45, 7) is 2.76. The Hall–Kier alpha value is -3.37. The third kappa shape index (κ3) is 5.83. The Morgan fingerprint density at radius 2 is 1.93 bits per heavy atom. The smallest absolute Gasteiger partial charge is 0.310 e. The highest BCUT2D eigenvalue weighted by Gasteiger charge is 2.13. The Morgan fingerprint density at radius 3 is 2.64 bits per heavy atom. The van der Waals surface area contributed by atoms with Gasteiger partial charge in [0.15, 0.2) is 5.75 Å². The van der Waals surface area contributed by atoms with E-state index in [9.17, 15) is 14.7 Å². The first kappa shape index (κ1) is 20.9. The van der Waals surface area contributed by atoms with Crippen molar-refractivity contribution in [1.29, 1.82) is 5.26 Å². The zero-order chi connectivity index (χ0) is 20.5. The maximum Gasteiger partial charge on any atom is 0.310 e. The lowest BCUT2D eigenvalue weighted by molar-refractivity contribution is -0.138. The molecule has 0 heterocycles. The van der Waals surface area contributed by atoms with E-state index in [-0.39, 0.29) is 29.3 Å². The lowest BCUT2D eigenvalue weighted by Crippen LogP contribution is -2.23.